The Morgan fingerprint density at radius 3 is 2.97 bits per heavy atom. The molecule has 0 radical (unpaired) electrons. The number of aliphatic imine (C=N–C) groups is 1. The number of carboxylic acids is 1. The van der Waals surface area contributed by atoms with Gasteiger partial charge in [0.2, 0.25) is 5.91 Å². The van der Waals surface area contributed by atoms with Gasteiger partial charge in [0.05, 0.1) is 21.9 Å². The number of amides is 2. The Hall–Kier alpha value is -3.44. The zero-order valence-electron chi connectivity index (χ0n) is 15.3. The van der Waals surface area contributed by atoms with Crippen LogP contribution in [0, 0.1) is 0 Å². The van der Waals surface area contributed by atoms with Crippen LogP contribution in [-0.4, -0.2) is 38.0 Å². The summed E-state index contributed by atoms with van der Waals surface area (Å²) in [5, 5.41) is 15.8. The maximum absolute atomic E-state index is 12.3. The maximum Gasteiger partial charge on any atom is 0.303 e. The van der Waals surface area contributed by atoms with Crippen molar-refractivity contribution in [3.05, 3.63) is 46.4 Å². The number of nitrogens with zero attached hydrogens (tertiary/aromatic N) is 2. The van der Waals surface area contributed by atoms with Crippen LogP contribution in [0.15, 0.2) is 46.6 Å². The molecule has 152 valence electrons. The van der Waals surface area contributed by atoms with E-state index < -0.39 is 11.9 Å². The average Bonchev–Trinajstić information content (AvgIpc) is 3.41. The monoisotopic (exact) mass is 441 g/mol. The van der Waals surface area contributed by atoms with Crippen LogP contribution in [0.5, 0.6) is 0 Å². The smallest absolute Gasteiger partial charge is 0.303 e. The lowest BCUT2D eigenvalue weighted by atomic mass is 10.2. The number of rotatable bonds is 6. The molecule has 4 N–H and O–H groups in total. The minimum atomic E-state index is -1.04. The second-order valence-corrected chi connectivity index (χ2v) is 8.33. The topological polar surface area (TPSA) is 137 Å². The number of carbonyl (C=O) groups is 3. The van der Waals surface area contributed by atoms with Crippen LogP contribution < -0.4 is 10.6 Å². The van der Waals surface area contributed by atoms with E-state index in [9.17, 15) is 14.4 Å². The number of amidine groups is 1. The molecule has 2 amide bonds. The Labute approximate surface area is 178 Å². The number of nitrogens with one attached hydrogen (secondary N) is 3. The number of H-pyrrole nitrogens is 1. The van der Waals surface area contributed by atoms with Gasteiger partial charge in [-0.15, -0.1) is 0 Å². The van der Waals surface area contributed by atoms with Gasteiger partial charge in [0.1, 0.15) is 0 Å². The van der Waals surface area contributed by atoms with E-state index >= 15 is 0 Å². The molecule has 0 unspecified atom stereocenters. The molecule has 30 heavy (non-hydrogen) atoms. The lowest BCUT2D eigenvalue weighted by Gasteiger charge is -1.98. The van der Waals surface area contributed by atoms with Crippen molar-refractivity contribution in [2.45, 2.75) is 12.8 Å². The Morgan fingerprint density at radius 2 is 2.13 bits per heavy atom. The molecular formula is C19H15N5O4S2. The first-order chi connectivity index (χ1) is 14.5. The van der Waals surface area contributed by atoms with Gasteiger partial charge in [-0.1, -0.05) is 11.3 Å². The fraction of sp³-hybridized carbons (Fsp3) is 0.105. The number of fused-ring (bicyclic) bond motifs is 1. The summed E-state index contributed by atoms with van der Waals surface area (Å²) in [5.74, 6) is -1.72. The highest BCUT2D eigenvalue weighted by Gasteiger charge is 2.24. The van der Waals surface area contributed by atoms with Crippen LogP contribution >= 0.6 is 23.1 Å². The van der Waals surface area contributed by atoms with Gasteiger partial charge in [-0.25, -0.2) is 9.98 Å². The van der Waals surface area contributed by atoms with Crippen molar-refractivity contribution in [2.75, 3.05) is 5.32 Å². The van der Waals surface area contributed by atoms with E-state index in [2.05, 4.69) is 25.6 Å². The molecule has 11 heteroatoms. The molecule has 2 aromatic heterocycles. The predicted molar refractivity (Wildman–Crippen MR) is 117 cm³/mol. The van der Waals surface area contributed by atoms with E-state index in [4.69, 9.17) is 5.11 Å². The third-order valence-corrected chi connectivity index (χ3v) is 5.80. The number of carbonyl (C=O) groups excluding carboxylic acids is 2. The van der Waals surface area contributed by atoms with Crippen LogP contribution in [0.25, 0.3) is 17.0 Å². The quantitative estimate of drug-likeness (QED) is 0.433. The summed E-state index contributed by atoms with van der Waals surface area (Å²) >= 11 is 2.41. The zero-order chi connectivity index (χ0) is 21.1. The van der Waals surface area contributed by atoms with Crippen molar-refractivity contribution in [1.29, 1.82) is 0 Å². The fourth-order valence-corrected chi connectivity index (χ4v) is 4.33. The number of aromatic amines is 1. The van der Waals surface area contributed by atoms with Crippen LogP contribution in [0.2, 0.25) is 0 Å². The first kappa shape index (κ1) is 19.9. The Balaban J connectivity index is 1.43. The Kier molecular flexibility index (Phi) is 5.63. The molecular weight excluding hydrogens is 426 g/mol. The number of hydrogen-bond acceptors (Lipinski definition) is 7. The highest BCUT2D eigenvalue weighted by Crippen LogP contribution is 2.31. The largest absolute Gasteiger partial charge is 0.481 e. The van der Waals surface area contributed by atoms with Gasteiger partial charge in [-0.3, -0.25) is 14.4 Å². The van der Waals surface area contributed by atoms with Crippen LogP contribution in [0.3, 0.4) is 0 Å². The third kappa shape index (κ3) is 4.75. The van der Waals surface area contributed by atoms with E-state index in [1.54, 1.807) is 6.08 Å². The molecule has 1 aliphatic heterocycles. The molecule has 0 atom stereocenters. The van der Waals surface area contributed by atoms with Gasteiger partial charge in [-0.05, 0) is 42.1 Å². The molecule has 1 saturated heterocycles. The van der Waals surface area contributed by atoms with Gasteiger partial charge in [0.15, 0.2) is 10.3 Å². The number of thiazole rings is 1. The minimum Gasteiger partial charge on any atom is -0.481 e. The van der Waals surface area contributed by atoms with E-state index in [0.717, 1.165) is 16.6 Å². The minimum absolute atomic E-state index is 0.127. The molecule has 9 nitrogen and oxygen atoms in total. The summed E-state index contributed by atoms with van der Waals surface area (Å²) in [4.78, 5) is 47.3. The average molecular weight is 441 g/mol. The SMILES string of the molecule is O=C(O)CCC(=O)Nc1ncc(C=C2SC(=Nc3ccc4[nH]ccc4c3)NC2=O)s1. The molecule has 0 spiro atoms. The summed E-state index contributed by atoms with van der Waals surface area (Å²) in [6.45, 7) is 0. The molecule has 3 heterocycles. The summed E-state index contributed by atoms with van der Waals surface area (Å²) in [6, 6.07) is 7.67. The van der Waals surface area contributed by atoms with Gasteiger partial charge >= 0.3 is 5.97 Å². The van der Waals surface area contributed by atoms with E-state index in [1.807, 2.05) is 30.5 Å². The molecule has 0 aliphatic carbocycles. The van der Waals surface area contributed by atoms with Crippen LogP contribution in [0.4, 0.5) is 10.8 Å². The summed E-state index contributed by atoms with van der Waals surface area (Å²) in [6.07, 6.45) is 4.68. The predicted octanol–water partition coefficient (Wildman–Crippen LogP) is 3.32. The van der Waals surface area contributed by atoms with Crippen LogP contribution in [0.1, 0.15) is 17.7 Å². The molecule has 0 bridgehead atoms. The zero-order valence-corrected chi connectivity index (χ0v) is 17.0. The van der Waals surface area contributed by atoms with Crippen molar-refractivity contribution in [2.24, 2.45) is 4.99 Å². The molecule has 3 aromatic rings. The van der Waals surface area contributed by atoms with Crippen molar-refractivity contribution in [1.82, 2.24) is 15.3 Å². The van der Waals surface area contributed by atoms with Crippen molar-refractivity contribution < 1.29 is 19.5 Å². The Bertz CT molecular complexity index is 1210. The summed E-state index contributed by atoms with van der Waals surface area (Å²) < 4.78 is 0. The number of thioether (sulfide) groups is 1. The van der Waals surface area contributed by atoms with Gasteiger partial charge < -0.3 is 20.7 Å². The Morgan fingerprint density at radius 1 is 1.27 bits per heavy atom. The van der Waals surface area contributed by atoms with Gasteiger partial charge in [0, 0.05) is 29.7 Å². The second-order valence-electron chi connectivity index (χ2n) is 6.24. The summed E-state index contributed by atoms with van der Waals surface area (Å²) in [7, 11) is 0. The highest BCUT2D eigenvalue weighted by molar-refractivity contribution is 8.18. The van der Waals surface area contributed by atoms with Gasteiger partial charge in [-0.2, -0.15) is 0 Å². The van der Waals surface area contributed by atoms with Gasteiger partial charge in [0.25, 0.3) is 5.91 Å². The van der Waals surface area contributed by atoms with Crippen molar-refractivity contribution in [3.8, 4) is 0 Å². The second kappa shape index (κ2) is 8.51. The maximum atomic E-state index is 12.3. The lowest BCUT2D eigenvalue weighted by Crippen LogP contribution is -2.19. The third-order valence-electron chi connectivity index (χ3n) is 4.03. The summed E-state index contributed by atoms with van der Waals surface area (Å²) in [5.41, 5.74) is 1.74. The lowest BCUT2D eigenvalue weighted by molar-refractivity contribution is -0.138. The van der Waals surface area contributed by atoms with E-state index in [0.29, 0.717) is 20.1 Å². The molecule has 4 rings (SSSR count). The number of aliphatic carboxylic acids is 1. The number of hydrogen-bond donors (Lipinski definition) is 4. The molecule has 0 saturated carbocycles. The molecule has 1 fully saturated rings. The van der Waals surface area contributed by atoms with E-state index in [1.165, 1.54) is 29.3 Å². The number of carboxylic acid groups (broad SMARTS) is 1. The fourth-order valence-electron chi connectivity index (χ4n) is 2.65. The van der Waals surface area contributed by atoms with Crippen LogP contribution in [-0.2, 0) is 14.4 Å². The first-order valence-corrected chi connectivity index (χ1v) is 10.4. The number of anilines is 1. The van der Waals surface area contributed by atoms with E-state index in [-0.39, 0.29) is 18.7 Å². The highest BCUT2D eigenvalue weighted by atomic mass is 32.2. The standard InChI is InChI=1S/C19H15N5O4S2/c25-15(3-4-16(26)27)23-18-21-9-12(29-18)8-14-17(28)24-19(30-14)22-11-1-2-13-10(7-11)5-6-20-13/h1-2,5-9,20H,3-4H2,(H,26,27)(H,21,23,25)(H,22,24,28). The molecule has 1 aromatic carbocycles. The number of benzene rings is 1. The molecule has 1 aliphatic rings. The normalized spacial score (nSPS) is 16.3. The first-order valence-electron chi connectivity index (χ1n) is 8.80. The number of aromatic nitrogens is 2. The van der Waals surface area contributed by atoms with Crippen molar-refractivity contribution >= 4 is 73.8 Å². The van der Waals surface area contributed by atoms with Crippen molar-refractivity contribution in [3.63, 3.8) is 0 Å².